The van der Waals surface area contributed by atoms with Crippen molar-refractivity contribution in [3.8, 4) is 5.75 Å². The highest BCUT2D eigenvalue weighted by atomic mass is 17.2. The van der Waals surface area contributed by atoms with Gasteiger partial charge in [-0.15, -0.1) is 0 Å². The Morgan fingerprint density at radius 3 is 2.57 bits per heavy atom. The van der Waals surface area contributed by atoms with E-state index in [1.54, 1.807) is 11.9 Å². The average Bonchev–Trinajstić information content (AvgIpc) is 3.45. The fourth-order valence-electron chi connectivity index (χ4n) is 4.14. The number of carbonyl (C=O) groups is 2. The van der Waals surface area contributed by atoms with E-state index in [1.165, 1.54) is 0 Å². The molecule has 3 aromatic rings. The number of benzene rings is 3. The Hall–Kier alpha value is -4.14. The molecule has 8 nitrogen and oxygen atoms in total. The Labute approximate surface area is 203 Å². The van der Waals surface area contributed by atoms with Gasteiger partial charge in [-0.3, -0.25) is 9.59 Å². The van der Waals surface area contributed by atoms with Crippen LogP contribution in [0.5, 0.6) is 5.75 Å². The molecule has 3 aromatic carbocycles. The molecule has 0 saturated heterocycles. The highest BCUT2D eigenvalue weighted by Crippen LogP contribution is 2.39. The van der Waals surface area contributed by atoms with E-state index in [-0.39, 0.29) is 11.8 Å². The lowest BCUT2D eigenvalue weighted by atomic mass is 9.99. The van der Waals surface area contributed by atoms with E-state index in [2.05, 4.69) is 10.6 Å². The van der Waals surface area contributed by atoms with Crippen LogP contribution in [0.15, 0.2) is 66.7 Å². The van der Waals surface area contributed by atoms with E-state index in [0.717, 1.165) is 33.8 Å². The summed E-state index contributed by atoms with van der Waals surface area (Å²) in [6.45, 7) is 0.713. The number of hydrogen-bond donors (Lipinski definition) is 2. The lowest BCUT2D eigenvalue weighted by Gasteiger charge is -2.20. The van der Waals surface area contributed by atoms with Gasteiger partial charge >= 0.3 is 0 Å². The first-order valence-electron chi connectivity index (χ1n) is 11.3. The first kappa shape index (κ1) is 22.6. The molecule has 0 unspecified atom stereocenters. The molecular weight excluding hydrogens is 444 g/mol. The van der Waals surface area contributed by atoms with Crippen LogP contribution >= 0.6 is 0 Å². The molecule has 178 valence electrons. The standard InChI is InChI=1S/C27H26N4O4/c1-30(2)15-24(32)31(3)20-12-10-19(11-13-20)28-26(17-8-9-18-16-34-35-23(18)14-17)25-21-6-4-5-7-22(21)29-27(25)33/h4-14,28H,15-16H2,1-3H3,(H,29,33)/b26-25-. The largest absolute Gasteiger partial charge is 0.354 e. The Morgan fingerprint density at radius 2 is 1.80 bits per heavy atom. The maximum absolute atomic E-state index is 13.1. The number of hydrogen-bond acceptors (Lipinski definition) is 6. The Bertz CT molecular complexity index is 1330. The van der Waals surface area contributed by atoms with Crippen molar-refractivity contribution in [2.45, 2.75) is 6.61 Å². The monoisotopic (exact) mass is 470 g/mol. The van der Waals surface area contributed by atoms with Gasteiger partial charge in [-0.25, -0.2) is 0 Å². The molecule has 0 atom stereocenters. The van der Waals surface area contributed by atoms with Crippen LogP contribution in [0, 0.1) is 0 Å². The third-order valence-corrected chi connectivity index (χ3v) is 5.99. The summed E-state index contributed by atoms with van der Waals surface area (Å²) in [7, 11) is 5.48. The summed E-state index contributed by atoms with van der Waals surface area (Å²) < 4.78 is 0. The fourth-order valence-corrected chi connectivity index (χ4v) is 4.14. The zero-order chi connectivity index (χ0) is 24.5. The van der Waals surface area contributed by atoms with Crippen molar-refractivity contribution in [2.75, 3.05) is 43.2 Å². The third kappa shape index (κ3) is 4.49. The number of likely N-dealkylation sites (N-methyl/N-ethyl adjacent to an activating group) is 2. The predicted molar refractivity (Wildman–Crippen MR) is 136 cm³/mol. The minimum atomic E-state index is -0.183. The maximum atomic E-state index is 13.1. The molecule has 0 saturated carbocycles. The SMILES string of the molecule is CN(C)CC(=O)N(C)c1ccc(N/C(=C2\C(=O)Nc3ccccc32)c2ccc3c(c2)OOC3)cc1. The first-order chi connectivity index (χ1) is 16.9. The van der Waals surface area contributed by atoms with Crippen LogP contribution in [0.25, 0.3) is 11.3 Å². The number of rotatable bonds is 6. The van der Waals surface area contributed by atoms with Crippen molar-refractivity contribution in [1.82, 2.24) is 4.90 Å². The fraction of sp³-hybridized carbons (Fsp3) is 0.185. The summed E-state index contributed by atoms with van der Waals surface area (Å²) in [6, 6.07) is 20.9. The number of para-hydroxylation sites is 1. The van der Waals surface area contributed by atoms with Gasteiger partial charge in [0.2, 0.25) is 5.91 Å². The number of carbonyl (C=O) groups excluding carboxylic acids is 2. The van der Waals surface area contributed by atoms with Gasteiger partial charge in [0, 0.05) is 40.8 Å². The van der Waals surface area contributed by atoms with Crippen molar-refractivity contribution in [3.63, 3.8) is 0 Å². The minimum absolute atomic E-state index is 0.00175. The Morgan fingerprint density at radius 1 is 1.03 bits per heavy atom. The molecule has 2 heterocycles. The lowest BCUT2D eigenvalue weighted by Crippen LogP contribution is -2.34. The summed E-state index contributed by atoms with van der Waals surface area (Å²) in [6.07, 6.45) is 0. The molecule has 0 bridgehead atoms. The third-order valence-electron chi connectivity index (χ3n) is 5.99. The van der Waals surface area contributed by atoms with Gasteiger partial charge in [-0.1, -0.05) is 30.3 Å². The normalized spacial score (nSPS) is 15.3. The second-order valence-corrected chi connectivity index (χ2v) is 8.78. The smallest absolute Gasteiger partial charge is 0.258 e. The van der Waals surface area contributed by atoms with Gasteiger partial charge < -0.3 is 25.3 Å². The molecule has 2 aliphatic heterocycles. The number of fused-ring (bicyclic) bond motifs is 2. The van der Waals surface area contributed by atoms with Crippen LogP contribution in [-0.4, -0.2) is 44.4 Å². The summed E-state index contributed by atoms with van der Waals surface area (Å²) >= 11 is 0. The average molecular weight is 471 g/mol. The summed E-state index contributed by atoms with van der Waals surface area (Å²) in [5.74, 6) is 0.445. The summed E-state index contributed by atoms with van der Waals surface area (Å²) in [5, 5.41) is 6.39. The van der Waals surface area contributed by atoms with Gasteiger partial charge in [0.05, 0.1) is 17.8 Å². The molecule has 2 aliphatic rings. The van der Waals surface area contributed by atoms with E-state index < -0.39 is 0 Å². The molecule has 0 radical (unpaired) electrons. The van der Waals surface area contributed by atoms with Gasteiger partial charge in [0.25, 0.3) is 5.91 Å². The second-order valence-electron chi connectivity index (χ2n) is 8.78. The molecule has 2 amide bonds. The van der Waals surface area contributed by atoms with Crippen molar-refractivity contribution in [2.24, 2.45) is 0 Å². The van der Waals surface area contributed by atoms with Crippen molar-refractivity contribution in [3.05, 3.63) is 83.4 Å². The van der Waals surface area contributed by atoms with Crippen molar-refractivity contribution in [1.29, 1.82) is 0 Å². The molecule has 0 fully saturated rings. The van der Waals surface area contributed by atoms with Crippen LogP contribution in [0.4, 0.5) is 17.1 Å². The summed E-state index contributed by atoms with van der Waals surface area (Å²) in [4.78, 5) is 39.3. The highest BCUT2D eigenvalue weighted by molar-refractivity contribution is 6.37. The first-order valence-corrected chi connectivity index (χ1v) is 11.3. The molecule has 0 spiro atoms. The second kappa shape index (κ2) is 9.25. The van der Waals surface area contributed by atoms with E-state index in [1.807, 2.05) is 85.7 Å². The Kier molecular flexibility index (Phi) is 5.98. The summed E-state index contributed by atoms with van der Waals surface area (Å²) in [5.41, 5.74) is 6.08. The lowest BCUT2D eigenvalue weighted by molar-refractivity contribution is -0.194. The Balaban J connectivity index is 1.52. The molecule has 0 aliphatic carbocycles. The molecule has 8 heteroatoms. The van der Waals surface area contributed by atoms with Gasteiger partial charge in [0.15, 0.2) is 5.75 Å². The van der Waals surface area contributed by atoms with E-state index in [4.69, 9.17) is 9.78 Å². The number of anilines is 3. The number of nitrogens with zero attached hydrogens (tertiary/aromatic N) is 2. The molecule has 35 heavy (non-hydrogen) atoms. The van der Waals surface area contributed by atoms with Crippen molar-refractivity contribution < 1.29 is 19.4 Å². The molecular formula is C27H26N4O4. The maximum Gasteiger partial charge on any atom is 0.258 e. The van der Waals surface area contributed by atoms with E-state index in [0.29, 0.717) is 30.2 Å². The quantitative estimate of drug-likeness (QED) is 0.419. The van der Waals surface area contributed by atoms with E-state index >= 15 is 0 Å². The van der Waals surface area contributed by atoms with Crippen LogP contribution in [-0.2, 0) is 21.1 Å². The topological polar surface area (TPSA) is 83.1 Å². The van der Waals surface area contributed by atoms with E-state index in [9.17, 15) is 9.59 Å². The zero-order valence-corrected chi connectivity index (χ0v) is 19.8. The number of amides is 2. The number of nitrogens with one attached hydrogen (secondary N) is 2. The highest BCUT2D eigenvalue weighted by Gasteiger charge is 2.29. The van der Waals surface area contributed by atoms with Crippen molar-refractivity contribution >= 4 is 40.1 Å². The van der Waals surface area contributed by atoms with Gasteiger partial charge in [0.1, 0.15) is 6.61 Å². The van der Waals surface area contributed by atoms with Crippen LogP contribution < -0.4 is 20.4 Å². The van der Waals surface area contributed by atoms with Crippen LogP contribution in [0.3, 0.4) is 0 Å². The zero-order valence-electron chi connectivity index (χ0n) is 19.8. The van der Waals surface area contributed by atoms with Crippen LogP contribution in [0.1, 0.15) is 16.7 Å². The molecule has 0 aromatic heterocycles. The van der Waals surface area contributed by atoms with Gasteiger partial charge in [-0.2, -0.15) is 4.89 Å². The van der Waals surface area contributed by atoms with Gasteiger partial charge in [-0.05, 0) is 50.5 Å². The van der Waals surface area contributed by atoms with Crippen LogP contribution in [0.2, 0.25) is 0 Å². The minimum Gasteiger partial charge on any atom is -0.354 e. The molecule has 2 N–H and O–H groups in total. The molecule has 5 rings (SSSR count). The predicted octanol–water partition coefficient (Wildman–Crippen LogP) is 3.97.